The van der Waals surface area contributed by atoms with Gasteiger partial charge in [-0.15, -0.1) is 6.58 Å². The second-order valence-electron chi connectivity index (χ2n) is 7.50. The molecule has 9 heteroatoms. The van der Waals surface area contributed by atoms with Crippen molar-refractivity contribution >= 4 is 10.9 Å². The Morgan fingerprint density at radius 1 is 1.22 bits per heavy atom. The predicted molar refractivity (Wildman–Crippen MR) is 110 cm³/mol. The molecule has 5 nitrogen and oxygen atoms in total. The quantitative estimate of drug-likeness (QED) is 0.464. The highest BCUT2D eigenvalue weighted by Crippen LogP contribution is 2.48. The van der Waals surface area contributed by atoms with E-state index in [9.17, 15) is 27.9 Å². The van der Waals surface area contributed by atoms with Gasteiger partial charge in [0, 0.05) is 24.6 Å². The van der Waals surface area contributed by atoms with Crippen molar-refractivity contribution in [2.75, 3.05) is 6.54 Å². The second-order valence-corrected chi connectivity index (χ2v) is 7.50. The first-order valence-corrected chi connectivity index (χ1v) is 9.69. The van der Waals surface area contributed by atoms with Crippen LogP contribution in [0.25, 0.3) is 16.6 Å². The fourth-order valence-electron chi connectivity index (χ4n) is 3.94. The minimum Gasteiger partial charge on any atom is -0.372 e. The first kappa shape index (κ1) is 21.6. The van der Waals surface area contributed by atoms with E-state index in [0.717, 1.165) is 0 Å². The van der Waals surface area contributed by atoms with Gasteiger partial charge in [-0.1, -0.05) is 12.1 Å². The Morgan fingerprint density at radius 2 is 1.94 bits per heavy atom. The molecule has 2 unspecified atom stereocenters. The van der Waals surface area contributed by atoms with Gasteiger partial charge in [-0.25, -0.2) is 9.07 Å². The number of aliphatic hydroxyl groups is 1. The molecule has 2 heterocycles. The molecule has 0 radical (unpaired) electrons. The highest BCUT2D eigenvalue weighted by atomic mass is 19.4. The molecule has 0 spiro atoms. The summed E-state index contributed by atoms with van der Waals surface area (Å²) < 4.78 is 57.4. The van der Waals surface area contributed by atoms with Crippen molar-refractivity contribution < 1.29 is 22.7 Å². The van der Waals surface area contributed by atoms with E-state index in [-0.39, 0.29) is 24.1 Å². The minimum absolute atomic E-state index is 0.180. The summed E-state index contributed by atoms with van der Waals surface area (Å²) in [5.74, 6) is -0.422. The summed E-state index contributed by atoms with van der Waals surface area (Å²) in [5, 5.41) is 24.9. The maximum Gasteiger partial charge on any atom is 0.425 e. The van der Waals surface area contributed by atoms with Crippen molar-refractivity contribution in [3.63, 3.8) is 0 Å². The Hall–Kier alpha value is -3.64. The van der Waals surface area contributed by atoms with Gasteiger partial charge in [-0.3, -0.25) is 0 Å². The van der Waals surface area contributed by atoms with Crippen LogP contribution in [0.4, 0.5) is 17.6 Å². The number of alkyl halides is 3. The first-order chi connectivity index (χ1) is 15.2. The largest absolute Gasteiger partial charge is 0.425 e. The molecule has 2 atom stereocenters. The zero-order chi connectivity index (χ0) is 23.1. The van der Waals surface area contributed by atoms with Gasteiger partial charge in [0.2, 0.25) is 5.60 Å². The van der Waals surface area contributed by atoms with Crippen LogP contribution in [-0.2, 0) is 5.60 Å². The molecule has 3 aromatic rings. The van der Waals surface area contributed by atoms with Gasteiger partial charge in [0.15, 0.2) is 0 Å². The lowest BCUT2D eigenvalue weighted by atomic mass is 9.83. The van der Waals surface area contributed by atoms with E-state index in [1.807, 2.05) is 6.07 Å². The van der Waals surface area contributed by atoms with Gasteiger partial charge in [-0.05, 0) is 47.5 Å². The molecule has 0 bridgehead atoms. The number of rotatable bonds is 5. The van der Waals surface area contributed by atoms with Crippen LogP contribution in [0.2, 0.25) is 0 Å². The summed E-state index contributed by atoms with van der Waals surface area (Å²) >= 11 is 0. The monoisotopic (exact) mass is 442 g/mol. The molecule has 0 saturated carbocycles. The van der Waals surface area contributed by atoms with Crippen molar-refractivity contribution in [2.45, 2.75) is 24.2 Å². The van der Waals surface area contributed by atoms with Crippen molar-refractivity contribution in [3.05, 3.63) is 84.5 Å². The molecule has 32 heavy (non-hydrogen) atoms. The summed E-state index contributed by atoms with van der Waals surface area (Å²) in [6.45, 7) is 3.74. The third kappa shape index (κ3) is 3.42. The third-order valence-electron chi connectivity index (χ3n) is 5.56. The molecule has 4 rings (SSSR count). The highest BCUT2D eigenvalue weighted by Gasteiger charge is 2.59. The summed E-state index contributed by atoms with van der Waals surface area (Å²) in [7, 11) is 0. The lowest BCUT2D eigenvalue weighted by molar-refractivity contribution is -0.250. The summed E-state index contributed by atoms with van der Waals surface area (Å²) in [4.78, 5) is 1.42. The zero-order valence-electron chi connectivity index (χ0n) is 16.7. The zero-order valence-corrected chi connectivity index (χ0v) is 16.7. The molecule has 1 aromatic heterocycles. The van der Waals surface area contributed by atoms with E-state index >= 15 is 0 Å². The van der Waals surface area contributed by atoms with E-state index in [0.29, 0.717) is 16.6 Å². The molecule has 164 valence electrons. The minimum atomic E-state index is -5.02. The molecule has 1 aliphatic heterocycles. The van der Waals surface area contributed by atoms with E-state index in [1.54, 1.807) is 0 Å². The molecule has 0 fully saturated rings. The van der Waals surface area contributed by atoms with E-state index < -0.39 is 23.6 Å². The van der Waals surface area contributed by atoms with Gasteiger partial charge >= 0.3 is 6.18 Å². The maximum atomic E-state index is 14.2. The van der Waals surface area contributed by atoms with E-state index in [1.165, 1.54) is 70.5 Å². The Labute approximate surface area is 181 Å². The topological polar surface area (TPSA) is 65.1 Å². The summed E-state index contributed by atoms with van der Waals surface area (Å²) in [6, 6.07) is 10.5. The van der Waals surface area contributed by atoms with Crippen molar-refractivity contribution in [3.8, 4) is 11.8 Å². The van der Waals surface area contributed by atoms with Crippen LogP contribution in [-0.4, -0.2) is 38.5 Å². The van der Waals surface area contributed by atoms with E-state index in [2.05, 4.69) is 11.7 Å². The van der Waals surface area contributed by atoms with Gasteiger partial charge in [-0.2, -0.15) is 23.5 Å². The van der Waals surface area contributed by atoms with Gasteiger partial charge < -0.3 is 10.0 Å². The molecule has 0 saturated heterocycles. The molecule has 1 aliphatic rings. The van der Waals surface area contributed by atoms with Crippen LogP contribution in [0.5, 0.6) is 0 Å². The third-order valence-corrected chi connectivity index (χ3v) is 5.56. The lowest BCUT2D eigenvalue weighted by Gasteiger charge is -2.32. The number of aromatic nitrogens is 2. The Morgan fingerprint density at radius 3 is 2.56 bits per heavy atom. The molecular formula is C23H18F4N4O. The lowest BCUT2D eigenvalue weighted by Crippen LogP contribution is -2.44. The van der Waals surface area contributed by atoms with Crippen LogP contribution in [0.1, 0.15) is 12.0 Å². The molecule has 0 amide bonds. The molecular weight excluding hydrogens is 424 g/mol. The highest BCUT2D eigenvalue weighted by molar-refractivity contribution is 5.81. The van der Waals surface area contributed by atoms with E-state index in [4.69, 9.17) is 0 Å². The summed E-state index contributed by atoms with van der Waals surface area (Å²) in [5.41, 5.74) is -2.93. The number of hydrogen-bond acceptors (Lipinski definition) is 4. The van der Waals surface area contributed by atoms with Crippen molar-refractivity contribution in [1.29, 1.82) is 5.26 Å². The van der Waals surface area contributed by atoms with Gasteiger partial charge in [0.25, 0.3) is 0 Å². The number of halogens is 4. The van der Waals surface area contributed by atoms with Crippen LogP contribution in [0.3, 0.4) is 0 Å². The van der Waals surface area contributed by atoms with Crippen LogP contribution in [0.15, 0.2) is 73.1 Å². The second kappa shape index (κ2) is 7.80. The Balaban J connectivity index is 1.80. The standard InChI is InChI=1S/C23H18F4N4O/c1-2-9-30-14-17(11-20(30)12-28)22(32,23(25,26)27)16-3-8-21-15(10-16)13-29-31(21)19-6-4-18(24)5-7-19/h2-8,10,13-14,20,32H,1,9,11H2. The summed E-state index contributed by atoms with van der Waals surface area (Å²) in [6.07, 6.45) is -1.23. The van der Waals surface area contributed by atoms with Crippen molar-refractivity contribution in [1.82, 2.24) is 14.7 Å². The molecule has 2 aromatic carbocycles. The molecule has 1 N–H and O–H groups in total. The smallest absolute Gasteiger partial charge is 0.372 e. The van der Waals surface area contributed by atoms with Crippen LogP contribution < -0.4 is 0 Å². The fourth-order valence-corrected chi connectivity index (χ4v) is 3.94. The Kier molecular flexibility index (Phi) is 5.26. The number of hydrogen-bond donors (Lipinski definition) is 1. The maximum absolute atomic E-state index is 14.2. The first-order valence-electron chi connectivity index (χ1n) is 9.69. The number of nitriles is 1. The van der Waals surface area contributed by atoms with Gasteiger partial charge in [0.1, 0.15) is 11.9 Å². The average Bonchev–Trinajstić information content (AvgIpc) is 3.37. The Bertz CT molecular complexity index is 1240. The van der Waals surface area contributed by atoms with Gasteiger partial charge in [0.05, 0.1) is 23.5 Å². The van der Waals surface area contributed by atoms with Crippen LogP contribution >= 0.6 is 0 Å². The number of fused-ring (bicyclic) bond motifs is 1. The average molecular weight is 442 g/mol. The van der Waals surface area contributed by atoms with Crippen LogP contribution in [0, 0.1) is 17.1 Å². The van der Waals surface area contributed by atoms with Crippen molar-refractivity contribution in [2.24, 2.45) is 0 Å². The normalized spacial score (nSPS) is 18.3. The molecule has 0 aliphatic carbocycles. The number of benzene rings is 2. The predicted octanol–water partition coefficient (Wildman–Crippen LogP) is 4.58. The number of nitrogens with zero attached hydrogens (tertiary/aromatic N) is 4. The fraction of sp³-hybridized carbons (Fsp3) is 0.217. The SMILES string of the molecule is C=CCN1C=C(C(O)(c2ccc3c(cnn3-c3ccc(F)cc3)c2)C(F)(F)F)CC1C#N.